The first-order chi connectivity index (χ1) is 22.5. The number of amides is 2. The summed E-state index contributed by atoms with van der Waals surface area (Å²) in [5.74, 6) is 2.98. The van der Waals surface area contributed by atoms with Crippen molar-refractivity contribution >= 4 is 29.4 Å². The number of fused-ring (bicyclic) bond motifs is 1. The van der Waals surface area contributed by atoms with Crippen LogP contribution in [0.25, 0.3) is 0 Å². The molecule has 0 spiro atoms. The third-order valence-corrected chi connectivity index (χ3v) is 10.3. The monoisotopic (exact) mass is 663 g/mol. The third kappa shape index (κ3) is 8.46. The minimum Gasteiger partial charge on any atom is -0.490 e. The van der Waals surface area contributed by atoms with Gasteiger partial charge in [0.2, 0.25) is 0 Å². The number of nitrogens with one attached hydrogen (secondary N) is 1. The molecule has 0 bridgehead atoms. The van der Waals surface area contributed by atoms with Gasteiger partial charge in [-0.15, -0.1) is 0 Å². The maximum atomic E-state index is 13.0. The molecule has 47 heavy (non-hydrogen) atoms. The van der Waals surface area contributed by atoms with Crippen molar-refractivity contribution in [2.24, 2.45) is 17.8 Å². The molecule has 11 nitrogen and oxygen atoms in total. The molecule has 2 aliphatic heterocycles. The molecule has 2 amide bonds. The second-order valence-electron chi connectivity index (χ2n) is 14.6. The van der Waals surface area contributed by atoms with Gasteiger partial charge in [-0.25, -0.2) is 14.8 Å². The zero-order chi connectivity index (χ0) is 33.1. The molecule has 4 fully saturated rings. The molecule has 6 rings (SSSR count). The molecular formula is C35H46ClN7O4. The second kappa shape index (κ2) is 14.2. The van der Waals surface area contributed by atoms with Gasteiger partial charge in [0, 0.05) is 57.9 Å². The van der Waals surface area contributed by atoms with Gasteiger partial charge in [0.1, 0.15) is 28.9 Å². The lowest BCUT2D eigenvalue weighted by Crippen LogP contribution is -2.51. The number of benzene rings is 1. The topological polar surface area (TPSA) is 124 Å². The molecular weight excluding hydrogens is 618 g/mol. The smallest absolute Gasteiger partial charge is 0.410 e. The highest BCUT2D eigenvalue weighted by Crippen LogP contribution is 2.45. The van der Waals surface area contributed by atoms with Crippen molar-refractivity contribution in [2.75, 3.05) is 50.7 Å². The summed E-state index contributed by atoms with van der Waals surface area (Å²) >= 11 is 6.17. The Morgan fingerprint density at radius 2 is 1.70 bits per heavy atom. The maximum Gasteiger partial charge on any atom is 0.410 e. The Bertz CT molecular complexity index is 1450. The summed E-state index contributed by atoms with van der Waals surface area (Å²) in [6.07, 6.45) is 9.15. The van der Waals surface area contributed by atoms with E-state index in [9.17, 15) is 9.59 Å². The quantitative estimate of drug-likeness (QED) is 0.429. The molecule has 4 aliphatic rings. The summed E-state index contributed by atoms with van der Waals surface area (Å²) in [5.41, 5.74) is 0.328. The lowest BCUT2D eigenvalue weighted by molar-refractivity contribution is 0.0130. The largest absolute Gasteiger partial charge is 0.490 e. The molecule has 1 aromatic heterocycles. The summed E-state index contributed by atoms with van der Waals surface area (Å²) in [6, 6.07) is 7.41. The van der Waals surface area contributed by atoms with Crippen molar-refractivity contribution in [2.45, 2.75) is 77.0 Å². The number of hydrogen-bond acceptors (Lipinski definition) is 9. The van der Waals surface area contributed by atoms with Crippen LogP contribution < -0.4 is 15.0 Å². The number of nitrogens with zero attached hydrogens (tertiary/aromatic N) is 6. The van der Waals surface area contributed by atoms with Crippen LogP contribution in [0.15, 0.2) is 30.6 Å². The van der Waals surface area contributed by atoms with Crippen molar-refractivity contribution in [1.82, 2.24) is 25.1 Å². The van der Waals surface area contributed by atoms with E-state index in [1.165, 1.54) is 0 Å². The van der Waals surface area contributed by atoms with Gasteiger partial charge >= 0.3 is 6.09 Å². The van der Waals surface area contributed by atoms with Gasteiger partial charge < -0.3 is 24.6 Å². The zero-order valence-corrected chi connectivity index (χ0v) is 28.4. The van der Waals surface area contributed by atoms with Crippen LogP contribution in [0.2, 0.25) is 5.02 Å². The summed E-state index contributed by atoms with van der Waals surface area (Å²) in [5, 5.41) is 12.7. The lowest BCUT2D eigenvalue weighted by Gasteiger charge is -2.39. The molecule has 1 N–H and O–H groups in total. The highest BCUT2D eigenvalue weighted by atomic mass is 35.5. The van der Waals surface area contributed by atoms with Crippen LogP contribution in [0.3, 0.4) is 0 Å². The van der Waals surface area contributed by atoms with Crippen LogP contribution in [0.1, 0.15) is 75.3 Å². The van der Waals surface area contributed by atoms with Gasteiger partial charge in [-0.05, 0) is 89.2 Å². The summed E-state index contributed by atoms with van der Waals surface area (Å²) < 4.78 is 11.7. The minimum absolute atomic E-state index is 0.121. The predicted octanol–water partition coefficient (Wildman–Crippen LogP) is 5.14. The summed E-state index contributed by atoms with van der Waals surface area (Å²) in [6.45, 7) is 11.7. The number of aromatic nitrogens is 2. The van der Waals surface area contributed by atoms with Crippen LogP contribution in [-0.2, 0) is 4.74 Å². The second-order valence-corrected chi connectivity index (χ2v) is 15.0. The van der Waals surface area contributed by atoms with E-state index in [1.54, 1.807) is 30.6 Å². The predicted molar refractivity (Wildman–Crippen MR) is 179 cm³/mol. The van der Waals surface area contributed by atoms with Gasteiger partial charge in [-0.1, -0.05) is 11.6 Å². The van der Waals surface area contributed by atoms with E-state index < -0.39 is 5.60 Å². The van der Waals surface area contributed by atoms with Crippen molar-refractivity contribution in [3.8, 4) is 11.8 Å². The molecule has 0 radical (unpaired) electrons. The van der Waals surface area contributed by atoms with E-state index in [0.29, 0.717) is 52.9 Å². The van der Waals surface area contributed by atoms with Gasteiger partial charge in [0.15, 0.2) is 0 Å². The van der Waals surface area contributed by atoms with E-state index in [-0.39, 0.29) is 24.1 Å². The molecule has 1 aromatic carbocycles. The van der Waals surface area contributed by atoms with Gasteiger partial charge in [-0.2, -0.15) is 5.26 Å². The number of carbonyl (C=O) groups excluding carboxylic acids is 2. The van der Waals surface area contributed by atoms with E-state index in [4.69, 9.17) is 26.3 Å². The number of nitriles is 1. The molecule has 2 unspecified atom stereocenters. The van der Waals surface area contributed by atoms with E-state index in [0.717, 1.165) is 77.1 Å². The fourth-order valence-corrected chi connectivity index (χ4v) is 7.85. The van der Waals surface area contributed by atoms with Crippen molar-refractivity contribution in [1.29, 1.82) is 5.26 Å². The highest BCUT2D eigenvalue weighted by molar-refractivity contribution is 6.31. The number of carbonyl (C=O) groups is 2. The van der Waals surface area contributed by atoms with Crippen LogP contribution in [0.5, 0.6) is 5.75 Å². The number of hydrogen-bond donors (Lipinski definition) is 1. The average Bonchev–Trinajstić information content (AvgIpc) is 3.59. The van der Waals surface area contributed by atoms with Crippen LogP contribution in [-0.4, -0.2) is 95.3 Å². The average molecular weight is 664 g/mol. The third-order valence-electron chi connectivity index (χ3n) is 10.0. The number of ether oxygens (including phenoxy) is 2. The Balaban J connectivity index is 0.895. The molecule has 2 aliphatic carbocycles. The van der Waals surface area contributed by atoms with E-state index in [2.05, 4.69) is 31.2 Å². The molecule has 2 saturated heterocycles. The van der Waals surface area contributed by atoms with Crippen LogP contribution in [0, 0.1) is 29.1 Å². The first kappa shape index (κ1) is 33.3. The molecule has 2 saturated carbocycles. The van der Waals surface area contributed by atoms with Gasteiger partial charge in [0.25, 0.3) is 5.91 Å². The Kier molecular flexibility index (Phi) is 10.1. The van der Waals surface area contributed by atoms with E-state index >= 15 is 0 Å². The maximum absolute atomic E-state index is 13.0. The van der Waals surface area contributed by atoms with Crippen LogP contribution in [0.4, 0.5) is 10.6 Å². The number of rotatable bonds is 7. The number of halogens is 1. The Labute approximate surface area is 282 Å². The number of piperidine rings is 1. The summed E-state index contributed by atoms with van der Waals surface area (Å²) in [7, 11) is 0. The van der Waals surface area contributed by atoms with E-state index in [1.807, 2.05) is 25.7 Å². The molecule has 12 heteroatoms. The standard InChI is InChI=1S/C35H46ClN7O4/c1-35(2,3)47-34(45)43-12-10-41(11-13-43)22-23-6-8-42(9-7-23)32-21-38-31(20-39-32)33(44)40-27-14-25-16-29(17-26(25)15-27)46-28-5-4-24(19-37)30(36)18-28/h4-5,18,20-21,23,25-27,29H,6-17,22H2,1-3H3,(H,40,44)/t25-,26+,27?,29?. The molecule has 3 heterocycles. The number of anilines is 1. The number of piperazine rings is 1. The fourth-order valence-electron chi connectivity index (χ4n) is 7.64. The summed E-state index contributed by atoms with van der Waals surface area (Å²) in [4.78, 5) is 41.0. The molecule has 252 valence electrons. The Hall–Kier alpha value is -3.62. The first-order valence-electron chi connectivity index (χ1n) is 17.0. The SMILES string of the molecule is CC(C)(C)OC(=O)N1CCN(CC2CCN(c3cnc(C(=O)NC4C[C@@H]5CC(Oc6ccc(C#N)c(Cl)c6)C[C@@H]5C4)cn3)CC2)CC1. The van der Waals surface area contributed by atoms with Crippen molar-refractivity contribution in [3.05, 3.63) is 46.9 Å². The fraction of sp³-hybridized carbons (Fsp3) is 0.629. The van der Waals surface area contributed by atoms with Crippen molar-refractivity contribution < 1.29 is 19.1 Å². The van der Waals surface area contributed by atoms with Gasteiger partial charge in [0.05, 0.1) is 29.1 Å². The Morgan fingerprint density at radius 3 is 2.30 bits per heavy atom. The molecule has 4 atom stereocenters. The minimum atomic E-state index is -0.469. The van der Waals surface area contributed by atoms with Crippen LogP contribution >= 0.6 is 11.6 Å². The Morgan fingerprint density at radius 1 is 1.00 bits per heavy atom. The zero-order valence-electron chi connectivity index (χ0n) is 27.7. The first-order valence-corrected chi connectivity index (χ1v) is 17.3. The lowest BCUT2D eigenvalue weighted by atomic mass is 9.96. The van der Waals surface area contributed by atoms with Crippen molar-refractivity contribution in [3.63, 3.8) is 0 Å². The molecule has 2 aromatic rings. The highest BCUT2D eigenvalue weighted by Gasteiger charge is 2.43. The van der Waals surface area contributed by atoms with Gasteiger partial charge in [-0.3, -0.25) is 9.69 Å². The normalized spacial score (nSPS) is 25.3.